The largest absolute Gasteiger partial charge is 0.301 e. The highest BCUT2D eigenvalue weighted by atomic mass is 32.2. The van der Waals surface area contributed by atoms with Gasteiger partial charge in [0.05, 0.1) is 5.52 Å². The third-order valence-corrected chi connectivity index (χ3v) is 5.59. The molecular weight excluding hydrogens is 368 g/mol. The van der Waals surface area contributed by atoms with E-state index >= 15 is 0 Å². The van der Waals surface area contributed by atoms with Crippen molar-refractivity contribution in [2.45, 2.75) is 25.4 Å². The second-order valence-electron chi connectivity index (χ2n) is 5.79. The minimum Gasteiger partial charge on any atom is -0.301 e. The Morgan fingerprint density at radius 2 is 2.04 bits per heavy atom. The molecule has 0 unspecified atom stereocenters. The van der Waals surface area contributed by atoms with Gasteiger partial charge in [-0.25, -0.2) is 0 Å². The molecule has 0 radical (unpaired) electrons. The van der Waals surface area contributed by atoms with Crippen molar-refractivity contribution < 1.29 is 4.79 Å². The van der Waals surface area contributed by atoms with Crippen molar-refractivity contribution in [3.8, 4) is 0 Å². The maximum atomic E-state index is 12.0. The smallest absolute Gasteiger partial charge is 0.227 e. The zero-order chi connectivity index (χ0) is 18.1. The van der Waals surface area contributed by atoms with Gasteiger partial charge >= 0.3 is 0 Å². The van der Waals surface area contributed by atoms with E-state index in [1.54, 1.807) is 0 Å². The van der Waals surface area contributed by atoms with Crippen molar-refractivity contribution >= 4 is 50.7 Å². The molecule has 0 saturated heterocycles. The second kappa shape index (κ2) is 7.00. The number of nitrogens with one attached hydrogen (secondary N) is 1. The fourth-order valence-electron chi connectivity index (χ4n) is 2.73. The van der Waals surface area contributed by atoms with Gasteiger partial charge in [0.2, 0.25) is 11.0 Å². The number of carbonyl (C=O) groups is 1. The molecular formula is C17H16N6OS2. The summed E-state index contributed by atoms with van der Waals surface area (Å²) in [6.45, 7) is 3.93. The Labute approximate surface area is 157 Å². The van der Waals surface area contributed by atoms with Gasteiger partial charge in [0, 0.05) is 17.6 Å². The topological polar surface area (TPSA) is 85.1 Å². The Bertz CT molecular complexity index is 1100. The van der Waals surface area contributed by atoms with Gasteiger partial charge in [0.25, 0.3) is 0 Å². The summed E-state index contributed by atoms with van der Waals surface area (Å²) in [5, 5.41) is 22.4. The normalized spacial score (nSPS) is 11.3. The van der Waals surface area contributed by atoms with Gasteiger partial charge in [-0.05, 0) is 31.5 Å². The summed E-state index contributed by atoms with van der Waals surface area (Å²) < 4.78 is 2.04. The Morgan fingerprint density at radius 1 is 1.19 bits per heavy atom. The van der Waals surface area contributed by atoms with Crippen molar-refractivity contribution in [3.63, 3.8) is 0 Å². The molecule has 0 aliphatic carbocycles. The van der Waals surface area contributed by atoms with E-state index in [0.717, 1.165) is 21.3 Å². The lowest BCUT2D eigenvalue weighted by Crippen LogP contribution is -2.12. The van der Waals surface area contributed by atoms with Crippen LogP contribution >= 0.6 is 23.1 Å². The van der Waals surface area contributed by atoms with E-state index < -0.39 is 0 Å². The number of nitrogens with zero attached hydrogens (tertiary/aromatic N) is 5. The number of carbonyl (C=O) groups excluding carboxylic acids is 1. The first-order chi connectivity index (χ1) is 12.6. The first-order valence-corrected chi connectivity index (χ1v) is 9.88. The van der Waals surface area contributed by atoms with Crippen LogP contribution in [0.15, 0.2) is 35.5 Å². The quantitative estimate of drug-likeness (QED) is 0.530. The average molecular weight is 384 g/mol. The summed E-state index contributed by atoms with van der Waals surface area (Å²) in [7, 11) is 0. The molecule has 26 heavy (non-hydrogen) atoms. The predicted molar refractivity (Wildman–Crippen MR) is 104 cm³/mol. The SMILES string of the molecule is Cc1nnc(NC(=O)CCSc2nnc3cc(C)c4ccccc4n23)s1. The van der Waals surface area contributed by atoms with Crippen molar-refractivity contribution in [2.24, 2.45) is 0 Å². The predicted octanol–water partition coefficient (Wildman–Crippen LogP) is 3.47. The van der Waals surface area contributed by atoms with E-state index in [0.29, 0.717) is 17.3 Å². The van der Waals surface area contributed by atoms with E-state index in [2.05, 4.69) is 44.8 Å². The van der Waals surface area contributed by atoms with Crippen molar-refractivity contribution in [3.05, 3.63) is 40.9 Å². The van der Waals surface area contributed by atoms with Crippen molar-refractivity contribution in [1.29, 1.82) is 0 Å². The number of aromatic nitrogens is 5. The lowest BCUT2D eigenvalue weighted by molar-refractivity contribution is -0.115. The number of benzene rings is 1. The zero-order valence-corrected chi connectivity index (χ0v) is 15.9. The van der Waals surface area contributed by atoms with E-state index in [1.807, 2.05) is 29.5 Å². The van der Waals surface area contributed by atoms with Gasteiger partial charge in [-0.15, -0.1) is 20.4 Å². The summed E-state index contributed by atoms with van der Waals surface area (Å²) in [5.74, 6) is 0.523. The summed E-state index contributed by atoms with van der Waals surface area (Å²) in [6, 6.07) is 10.2. The molecule has 4 rings (SSSR count). The number of hydrogen-bond donors (Lipinski definition) is 1. The fourth-order valence-corrected chi connectivity index (χ4v) is 4.23. The zero-order valence-electron chi connectivity index (χ0n) is 14.3. The Balaban J connectivity index is 1.49. The summed E-state index contributed by atoms with van der Waals surface area (Å²) in [6.07, 6.45) is 0.363. The number of amides is 1. The van der Waals surface area contributed by atoms with Gasteiger partial charge < -0.3 is 5.32 Å². The monoisotopic (exact) mass is 384 g/mol. The van der Waals surface area contributed by atoms with Gasteiger partial charge in [0.15, 0.2) is 10.8 Å². The molecule has 9 heteroatoms. The molecule has 1 N–H and O–H groups in total. The van der Waals surface area contributed by atoms with Crippen LogP contribution in [-0.4, -0.2) is 36.5 Å². The number of fused-ring (bicyclic) bond motifs is 3. The van der Waals surface area contributed by atoms with Gasteiger partial charge in [-0.1, -0.05) is 41.3 Å². The molecule has 0 bridgehead atoms. The van der Waals surface area contributed by atoms with E-state index in [4.69, 9.17) is 0 Å². The van der Waals surface area contributed by atoms with Crippen LogP contribution in [0.25, 0.3) is 16.6 Å². The number of hydrogen-bond acceptors (Lipinski definition) is 7. The minimum absolute atomic E-state index is 0.0804. The van der Waals surface area contributed by atoms with Gasteiger partial charge in [-0.2, -0.15) is 0 Å². The molecule has 7 nitrogen and oxygen atoms in total. The molecule has 1 amide bonds. The van der Waals surface area contributed by atoms with Gasteiger partial charge in [-0.3, -0.25) is 9.20 Å². The van der Waals surface area contributed by atoms with Crippen LogP contribution in [0.4, 0.5) is 5.13 Å². The molecule has 0 saturated carbocycles. The standard InChI is InChI=1S/C17H16N6OS2/c1-10-9-14-20-22-17(23(14)13-6-4-3-5-12(10)13)25-8-7-15(24)18-16-21-19-11(2)26-16/h3-6,9H,7-8H2,1-2H3,(H,18,21,24). The second-order valence-corrected chi connectivity index (χ2v) is 8.04. The van der Waals surface area contributed by atoms with Crippen LogP contribution < -0.4 is 5.32 Å². The van der Waals surface area contributed by atoms with Crippen LogP contribution in [0, 0.1) is 13.8 Å². The molecule has 3 aromatic heterocycles. The van der Waals surface area contributed by atoms with Crippen LogP contribution in [-0.2, 0) is 4.79 Å². The Morgan fingerprint density at radius 3 is 2.85 bits per heavy atom. The number of aryl methyl sites for hydroxylation is 2. The van der Waals surface area contributed by atoms with E-state index in [9.17, 15) is 4.79 Å². The van der Waals surface area contributed by atoms with Crippen LogP contribution in [0.1, 0.15) is 17.0 Å². The molecule has 132 valence electrons. The summed E-state index contributed by atoms with van der Waals surface area (Å²) in [4.78, 5) is 12.0. The van der Waals surface area contributed by atoms with Crippen LogP contribution in [0.3, 0.4) is 0 Å². The molecule has 3 heterocycles. The number of thioether (sulfide) groups is 1. The Kier molecular flexibility index (Phi) is 4.56. The molecule has 4 aromatic rings. The van der Waals surface area contributed by atoms with Crippen LogP contribution in [0.2, 0.25) is 0 Å². The fraction of sp³-hybridized carbons (Fsp3) is 0.235. The van der Waals surface area contributed by atoms with Crippen molar-refractivity contribution in [1.82, 2.24) is 24.8 Å². The third-order valence-electron chi connectivity index (χ3n) is 3.91. The van der Waals surface area contributed by atoms with Crippen LogP contribution in [0.5, 0.6) is 0 Å². The van der Waals surface area contributed by atoms with Gasteiger partial charge in [0.1, 0.15) is 5.01 Å². The van der Waals surface area contributed by atoms with E-state index in [1.165, 1.54) is 34.0 Å². The molecule has 0 aliphatic rings. The first kappa shape index (κ1) is 16.9. The van der Waals surface area contributed by atoms with Crippen molar-refractivity contribution in [2.75, 3.05) is 11.1 Å². The number of pyridine rings is 1. The lowest BCUT2D eigenvalue weighted by atomic mass is 10.1. The van der Waals surface area contributed by atoms with E-state index in [-0.39, 0.29) is 5.91 Å². The average Bonchev–Trinajstić information content (AvgIpc) is 3.21. The minimum atomic E-state index is -0.0804. The highest BCUT2D eigenvalue weighted by Crippen LogP contribution is 2.26. The number of rotatable bonds is 5. The number of anilines is 1. The lowest BCUT2D eigenvalue weighted by Gasteiger charge is -2.07. The number of para-hydroxylation sites is 1. The summed E-state index contributed by atoms with van der Waals surface area (Å²) in [5.41, 5.74) is 3.06. The summed E-state index contributed by atoms with van der Waals surface area (Å²) >= 11 is 2.88. The first-order valence-electron chi connectivity index (χ1n) is 8.08. The third kappa shape index (κ3) is 3.27. The maximum absolute atomic E-state index is 12.0. The highest BCUT2D eigenvalue weighted by molar-refractivity contribution is 7.99. The molecule has 0 aliphatic heterocycles. The maximum Gasteiger partial charge on any atom is 0.227 e. The molecule has 0 atom stereocenters. The molecule has 0 fully saturated rings. The Hall–Kier alpha value is -2.52. The highest BCUT2D eigenvalue weighted by Gasteiger charge is 2.12. The molecule has 1 aromatic carbocycles. The molecule has 0 spiro atoms.